The number of thiol groups is 2. The molecule has 0 aliphatic rings. The summed E-state index contributed by atoms with van der Waals surface area (Å²) in [7, 11) is 0. The van der Waals surface area contributed by atoms with E-state index in [1.165, 1.54) is 19.4 Å². The average Bonchev–Trinajstić information content (AvgIpc) is 3.21. The molecule has 12 nitrogen and oxygen atoms in total. The van der Waals surface area contributed by atoms with Gasteiger partial charge in [-0.25, -0.2) is 9.78 Å². The number of carboxylic acids is 1. The lowest BCUT2D eigenvalue weighted by Crippen LogP contribution is -2.60. The van der Waals surface area contributed by atoms with E-state index < -0.39 is 54.0 Å². The van der Waals surface area contributed by atoms with Crippen LogP contribution >= 0.6 is 25.3 Å². The number of aliphatic carboxylic acids is 1. The van der Waals surface area contributed by atoms with Gasteiger partial charge in [0.1, 0.15) is 18.1 Å². The van der Waals surface area contributed by atoms with Gasteiger partial charge in [0.25, 0.3) is 0 Å². The van der Waals surface area contributed by atoms with Crippen molar-refractivity contribution in [2.45, 2.75) is 43.6 Å². The second kappa shape index (κ2) is 12.4. The van der Waals surface area contributed by atoms with Crippen LogP contribution in [0.5, 0.6) is 0 Å². The van der Waals surface area contributed by atoms with Crippen LogP contribution in [0.4, 0.5) is 0 Å². The van der Waals surface area contributed by atoms with Crippen molar-refractivity contribution in [2.24, 2.45) is 5.73 Å². The van der Waals surface area contributed by atoms with Gasteiger partial charge in [0.2, 0.25) is 17.7 Å². The van der Waals surface area contributed by atoms with E-state index in [9.17, 15) is 29.4 Å². The van der Waals surface area contributed by atoms with Crippen LogP contribution in [0.3, 0.4) is 0 Å². The molecule has 8 N–H and O–H groups in total. The maximum absolute atomic E-state index is 12.5. The molecule has 0 spiro atoms. The first-order chi connectivity index (χ1) is 14.1. The smallest absolute Gasteiger partial charge is 0.326 e. The Morgan fingerprint density at radius 1 is 1.10 bits per heavy atom. The molecule has 1 heterocycles. The van der Waals surface area contributed by atoms with Gasteiger partial charge in [-0.2, -0.15) is 25.3 Å². The number of nitrogens with one attached hydrogen (secondary N) is 4. The zero-order valence-electron chi connectivity index (χ0n) is 16.1. The normalized spacial score (nSPS) is 15.9. The zero-order chi connectivity index (χ0) is 22.8. The Morgan fingerprint density at radius 2 is 1.73 bits per heavy atom. The molecule has 1 rings (SSSR count). The number of nitrogens with zero attached hydrogens (tertiary/aromatic N) is 1. The molecule has 14 heteroatoms. The molecule has 1 aromatic heterocycles. The fourth-order valence-corrected chi connectivity index (χ4v) is 2.72. The molecule has 168 valence electrons. The highest BCUT2D eigenvalue weighted by atomic mass is 32.1. The number of carbonyl (C=O) groups is 4. The van der Waals surface area contributed by atoms with E-state index in [4.69, 9.17) is 5.73 Å². The molecule has 0 aliphatic carbocycles. The fourth-order valence-electron chi connectivity index (χ4n) is 2.29. The maximum Gasteiger partial charge on any atom is 0.326 e. The van der Waals surface area contributed by atoms with Gasteiger partial charge in [-0.05, 0) is 6.92 Å². The quantitative estimate of drug-likeness (QED) is 0.147. The van der Waals surface area contributed by atoms with Gasteiger partial charge >= 0.3 is 5.97 Å². The Hall–Kier alpha value is -2.29. The van der Waals surface area contributed by atoms with Crippen molar-refractivity contribution in [3.63, 3.8) is 0 Å². The zero-order valence-corrected chi connectivity index (χ0v) is 17.9. The van der Waals surface area contributed by atoms with Crippen LogP contribution in [-0.2, 0) is 25.6 Å². The Bertz CT molecular complexity index is 732. The largest absolute Gasteiger partial charge is 0.480 e. The minimum Gasteiger partial charge on any atom is -0.480 e. The molecule has 5 unspecified atom stereocenters. The fraction of sp³-hybridized carbons (Fsp3) is 0.562. The summed E-state index contributed by atoms with van der Waals surface area (Å²) >= 11 is 7.90. The van der Waals surface area contributed by atoms with Crippen LogP contribution in [0.1, 0.15) is 12.6 Å². The number of H-pyrrole nitrogens is 1. The molecule has 0 fully saturated rings. The van der Waals surface area contributed by atoms with Crippen LogP contribution in [0, 0.1) is 0 Å². The number of carboxylic acid groups (broad SMARTS) is 1. The summed E-state index contributed by atoms with van der Waals surface area (Å²) in [5.41, 5.74) is 6.03. The monoisotopic (exact) mass is 462 g/mol. The minimum absolute atomic E-state index is 0.0224. The second-order valence-electron chi connectivity index (χ2n) is 6.44. The summed E-state index contributed by atoms with van der Waals surface area (Å²) in [5.74, 6) is -3.79. The molecule has 1 aromatic rings. The number of aromatic nitrogens is 2. The van der Waals surface area contributed by atoms with E-state index in [-0.39, 0.29) is 17.9 Å². The molecular formula is C16H26N6O6S2. The van der Waals surface area contributed by atoms with E-state index in [0.29, 0.717) is 5.69 Å². The summed E-state index contributed by atoms with van der Waals surface area (Å²) in [6, 6.07) is -4.89. The highest BCUT2D eigenvalue weighted by molar-refractivity contribution is 7.80. The van der Waals surface area contributed by atoms with E-state index in [2.05, 4.69) is 51.2 Å². The number of hydrogen-bond acceptors (Lipinski definition) is 9. The Kier molecular flexibility index (Phi) is 10.7. The first kappa shape index (κ1) is 25.7. The van der Waals surface area contributed by atoms with Gasteiger partial charge in [0.05, 0.1) is 18.5 Å². The molecule has 0 radical (unpaired) electrons. The lowest BCUT2D eigenvalue weighted by atomic mass is 10.1. The van der Waals surface area contributed by atoms with Gasteiger partial charge in [-0.1, -0.05) is 0 Å². The van der Waals surface area contributed by atoms with Gasteiger partial charge in [0.15, 0.2) is 0 Å². The minimum atomic E-state index is -1.39. The van der Waals surface area contributed by atoms with Crippen molar-refractivity contribution in [3.8, 4) is 0 Å². The van der Waals surface area contributed by atoms with Crippen molar-refractivity contribution in [2.75, 3.05) is 11.5 Å². The Morgan fingerprint density at radius 3 is 2.20 bits per heavy atom. The molecule has 0 aliphatic heterocycles. The molecule has 0 aromatic carbocycles. The van der Waals surface area contributed by atoms with Crippen LogP contribution in [0.15, 0.2) is 12.5 Å². The van der Waals surface area contributed by atoms with E-state index in [1.807, 2.05) is 0 Å². The van der Waals surface area contributed by atoms with Gasteiger partial charge in [0, 0.05) is 29.8 Å². The summed E-state index contributed by atoms with van der Waals surface area (Å²) in [4.78, 5) is 54.8. The predicted octanol–water partition coefficient (Wildman–Crippen LogP) is -2.94. The van der Waals surface area contributed by atoms with Crippen molar-refractivity contribution in [1.82, 2.24) is 25.9 Å². The van der Waals surface area contributed by atoms with Crippen molar-refractivity contribution in [1.29, 1.82) is 0 Å². The first-order valence-electron chi connectivity index (χ1n) is 8.87. The number of nitrogens with two attached hydrogens (primary N) is 1. The van der Waals surface area contributed by atoms with Crippen LogP contribution in [0.2, 0.25) is 0 Å². The second-order valence-corrected chi connectivity index (χ2v) is 7.17. The topological polar surface area (TPSA) is 200 Å². The third-order valence-corrected chi connectivity index (χ3v) is 4.76. The maximum atomic E-state index is 12.5. The predicted molar refractivity (Wildman–Crippen MR) is 113 cm³/mol. The summed E-state index contributed by atoms with van der Waals surface area (Å²) in [6.45, 7) is 1.28. The number of hydrogen-bond donors (Lipinski definition) is 9. The highest BCUT2D eigenvalue weighted by Gasteiger charge is 2.31. The summed E-state index contributed by atoms with van der Waals surface area (Å²) < 4.78 is 0. The lowest BCUT2D eigenvalue weighted by Gasteiger charge is -2.25. The third kappa shape index (κ3) is 7.85. The Balaban J connectivity index is 2.80. The van der Waals surface area contributed by atoms with Gasteiger partial charge in [-0.15, -0.1) is 0 Å². The molecule has 3 amide bonds. The number of amides is 3. The van der Waals surface area contributed by atoms with Crippen molar-refractivity contribution >= 4 is 48.9 Å². The van der Waals surface area contributed by atoms with Crippen LogP contribution in [-0.4, -0.2) is 85.6 Å². The SMILES string of the molecule is CC(O)C(NC(=O)C(N)CS)C(=O)NC(CS)C(=O)NC(Cc1cnc[nH]1)C(=O)O. The van der Waals surface area contributed by atoms with Gasteiger partial charge < -0.3 is 36.9 Å². The number of carbonyl (C=O) groups excluding carboxylic acids is 3. The third-order valence-electron chi connectivity index (χ3n) is 4.01. The Labute approximate surface area is 183 Å². The average molecular weight is 463 g/mol. The molecule has 0 saturated carbocycles. The molecule has 30 heavy (non-hydrogen) atoms. The van der Waals surface area contributed by atoms with Crippen LogP contribution in [0.25, 0.3) is 0 Å². The molecule has 5 atom stereocenters. The highest BCUT2D eigenvalue weighted by Crippen LogP contribution is 2.02. The molecule has 0 saturated heterocycles. The first-order valence-corrected chi connectivity index (χ1v) is 10.1. The summed E-state index contributed by atoms with van der Waals surface area (Å²) in [5, 5.41) is 26.1. The van der Waals surface area contributed by atoms with E-state index in [0.717, 1.165) is 0 Å². The van der Waals surface area contributed by atoms with E-state index in [1.54, 1.807) is 0 Å². The molecule has 0 bridgehead atoms. The number of aromatic amines is 1. The van der Waals surface area contributed by atoms with E-state index >= 15 is 0 Å². The molecular weight excluding hydrogens is 436 g/mol. The number of aliphatic hydroxyl groups is 1. The van der Waals surface area contributed by atoms with Crippen LogP contribution < -0.4 is 21.7 Å². The number of imidazole rings is 1. The lowest BCUT2D eigenvalue weighted by molar-refractivity contribution is -0.142. The number of aliphatic hydroxyl groups excluding tert-OH is 1. The van der Waals surface area contributed by atoms with Crippen molar-refractivity contribution in [3.05, 3.63) is 18.2 Å². The van der Waals surface area contributed by atoms with Crippen molar-refractivity contribution < 1.29 is 29.4 Å². The summed E-state index contributed by atoms with van der Waals surface area (Å²) in [6.07, 6.45) is 1.45. The standard InChI is InChI=1S/C16H26N6O6S2/c1-7(23)12(22-13(24)9(17)4-29)15(26)21-11(5-30)14(25)20-10(16(27)28)2-8-3-18-6-19-8/h3,6-7,9-12,23,29-30H,2,4-5,17H2,1H3,(H,18,19)(H,20,25)(H,21,26)(H,22,24)(H,27,28). The number of rotatable bonds is 12. The van der Waals surface area contributed by atoms with Gasteiger partial charge in [-0.3, -0.25) is 14.4 Å².